The molecule has 3 amide bonds. The molecule has 0 saturated heterocycles. The highest BCUT2D eigenvalue weighted by Crippen LogP contribution is 2.27. The number of allylic oxidation sites excluding steroid dienone is 1. The summed E-state index contributed by atoms with van der Waals surface area (Å²) in [7, 11) is 0. The molecule has 0 aliphatic heterocycles. The van der Waals surface area contributed by atoms with Gasteiger partial charge in [-0.1, -0.05) is 128 Å². The Hall–Kier alpha value is -7.99. The lowest BCUT2D eigenvalue weighted by Crippen LogP contribution is -2.44. The Bertz CT molecular complexity index is 3370. The molecule has 7 aromatic rings. The van der Waals surface area contributed by atoms with Gasteiger partial charge in [0.2, 0.25) is 34.8 Å². The van der Waals surface area contributed by atoms with Gasteiger partial charge in [-0.2, -0.15) is 0 Å². The topological polar surface area (TPSA) is 214 Å². The number of amides is 3. The molecule has 422 valence electrons. The molecule has 5 aromatic carbocycles. The normalized spacial score (nSPS) is 11.1. The number of hydrogen-bond acceptors (Lipinski definition) is 8. The first kappa shape index (κ1) is 64.5. The quantitative estimate of drug-likeness (QED) is 0.0756. The van der Waals surface area contributed by atoms with Gasteiger partial charge in [-0.3, -0.25) is 37.9 Å². The lowest BCUT2D eigenvalue weighted by molar-refractivity contribution is -0.137. The number of aromatic carboxylic acids is 1. The molecule has 8 rings (SSSR count). The summed E-state index contributed by atoms with van der Waals surface area (Å²) in [5, 5.41) is 24.2. The third kappa shape index (κ3) is 18.8. The summed E-state index contributed by atoms with van der Waals surface area (Å²) < 4.78 is 30.4. The maximum Gasteiger partial charge on any atom is 0.337 e. The summed E-state index contributed by atoms with van der Waals surface area (Å²) in [6, 6.07) is 31.0. The second-order valence-electron chi connectivity index (χ2n) is 18.8. The van der Waals surface area contributed by atoms with Crippen LogP contribution in [-0.4, -0.2) is 83.6 Å². The Morgan fingerprint density at radius 2 is 1.11 bits per heavy atom. The Morgan fingerprint density at radius 3 is 1.62 bits per heavy atom. The van der Waals surface area contributed by atoms with Crippen LogP contribution in [0.15, 0.2) is 128 Å². The predicted octanol–water partition coefficient (Wildman–Crippen LogP) is 12.2. The smallest absolute Gasteiger partial charge is 0.337 e. The fourth-order valence-corrected chi connectivity index (χ4v) is 8.44. The molecule has 2 heterocycles. The maximum atomic E-state index is 14.0. The van der Waals surface area contributed by atoms with Gasteiger partial charge in [0.15, 0.2) is 0 Å². The van der Waals surface area contributed by atoms with E-state index in [9.17, 15) is 47.1 Å². The number of nitrogens with zero attached hydrogens (tertiary/aromatic N) is 3. The van der Waals surface area contributed by atoms with Crippen LogP contribution in [0, 0.1) is 17.6 Å². The Balaban J connectivity index is 0.000000242. The van der Waals surface area contributed by atoms with Crippen LogP contribution in [0.25, 0.3) is 27.4 Å². The van der Waals surface area contributed by atoms with Crippen LogP contribution in [0.5, 0.6) is 0 Å². The number of aliphatic carboxylic acids is 1. The number of carbonyl (C=O) groups is 8. The Morgan fingerprint density at radius 1 is 0.625 bits per heavy atom. The first-order chi connectivity index (χ1) is 37.8. The highest BCUT2D eigenvalue weighted by molar-refractivity contribution is 6.62. The van der Waals surface area contributed by atoms with E-state index in [1.165, 1.54) is 59.2 Å². The molecule has 0 unspecified atom stereocenters. The van der Waals surface area contributed by atoms with Crippen LogP contribution in [0.1, 0.15) is 109 Å². The van der Waals surface area contributed by atoms with Crippen molar-refractivity contribution >= 4 is 109 Å². The van der Waals surface area contributed by atoms with Gasteiger partial charge in [0.05, 0.1) is 45.2 Å². The Labute approximate surface area is 477 Å². The van der Waals surface area contributed by atoms with Crippen LogP contribution in [-0.2, 0) is 49.9 Å². The monoisotopic (exact) mass is 1160 g/mol. The van der Waals surface area contributed by atoms with E-state index in [0.29, 0.717) is 39.9 Å². The van der Waals surface area contributed by atoms with Gasteiger partial charge in [0.1, 0.15) is 11.6 Å². The van der Waals surface area contributed by atoms with Crippen molar-refractivity contribution in [2.75, 3.05) is 6.54 Å². The fraction of sp³-hybridized carbons (Fsp3) is 0.267. The highest BCUT2D eigenvalue weighted by Gasteiger charge is 2.23. The molecule has 80 heavy (non-hydrogen) atoms. The number of nitrogens with one attached hydrogen (secondary N) is 2. The van der Waals surface area contributed by atoms with Crippen molar-refractivity contribution in [1.82, 2.24) is 24.7 Å². The SMILES string of the molecule is CC(=O)Cl.CC(=O)n1cc(C(=O)O)c2ccccc21.CC(=O)n1cc(CC(=O)N(CC(=O)NCc2cccc(Cl)c2F)C(C)C)c2ccccc21.CC(C)CCC(=O)NCc1cccc(Cl)c1F.O=C(O)C1=CCc2ccccc21. The van der Waals surface area contributed by atoms with E-state index in [1.807, 2.05) is 62.4 Å². The summed E-state index contributed by atoms with van der Waals surface area (Å²) in [4.78, 5) is 92.5. The second-order valence-corrected chi connectivity index (χ2v) is 20.1. The summed E-state index contributed by atoms with van der Waals surface area (Å²) in [5.74, 6) is -3.45. The molecule has 0 atom stereocenters. The van der Waals surface area contributed by atoms with E-state index in [0.717, 1.165) is 34.9 Å². The van der Waals surface area contributed by atoms with Crippen molar-refractivity contribution in [2.24, 2.45) is 5.92 Å². The lowest BCUT2D eigenvalue weighted by atomic mass is 10.1. The first-order valence-corrected chi connectivity index (χ1v) is 26.3. The average molecular weight is 1160 g/mol. The number of rotatable bonds is 14. The molecule has 0 bridgehead atoms. The summed E-state index contributed by atoms with van der Waals surface area (Å²) >= 11 is 16.1. The number of hydrogen-bond donors (Lipinski definition) is 4. The summed E-state index contributed by atoms with van der Waals surface area (Å²) in [6.07, 6.45) is 6.89. The Kier molecular flexibility index (Phi) is 25.0. The first-order valence-electron chi connectivity index (χ1n) is 25.1. The number of aromatic nitrogens is 2. The van der Waals surface area contributed by atoms with E-state index >= 15 is 0 Å². The van der Waals surface area contributed by atoms with Gasteiger partial charge >= 0.3 is 11.9 Å². The third-order valence-electron chi connectivity index (χ3n) is 12.0. The van der Waals surface area contributed by atoms with Crippen molar-refractivity contribution in [1.29, 1.82) is 0 Å². The minimum Gasteiger partial charge on any atom is -0.478 e. The molecule has 20 heteroatoms. The zero-order valence-electron chi connectivity index (χ0n) is 45.1. The molecule has 1 aliphatic rings. The molecule has 0 saturated carbocycles. The number of para-hydroxylation sites is 2. The van der Waals surface area contributed by atoms with E-state index in [4.69, 9.17) is 33.4 Å². The number of halogens is 5. The van der Waals surface area contributed by atoms with Gasteiger partial charge in [-0.05, 0) is 85.2 Å². The van der Waals surface area contributed by atoms with Crippen LogP contribution < -0.4 is 10.6 Å². The standard InChI is InChI=1S/C24H25ClFN3O3.C13H17ClFNO.C11H9NO3.C10H8O2.C2H3ClO/c1-15(2)28(14-22(31)27-12-17-7-6-9-20(25)24(17)26)23(32)11-18-13-29(16(3)30)21-10-5-4-8-19(18)21;1-9(2)6-7-12(17)16-8-10-4-3-5-11(14)13(10)15;1-7(13)12-6-9(11(14)15)8-4-2-3-5-10(8)12;11-10(12)9-6-5-7-3-1-2-4-8(7)9;1-2(3)4/h4-10,13,15H,11-12,14H2,1-3H3,(H,27,31);3-5,9H,6-8H2,1-2H3,(H,16,17);2-6H,1H3,(H,14,15);1-4,6H,5H2,(H,11,12);1H3. The van der Waals surface area contributed by atoms with E-state index in [2.05, 4.69) is 36.1 Å². The molecule has 2 aromatic heterocycles. The van der Waals surface area contributed by atoms with Crippen LogP contribution in [0.3, 0.4) is 0 Å². The van der Waals surface area contributed by atoms with Crippen LogP contribution in [0.2, 0.25) is 10.0 Å². The minimum atomic E-state index is -1.02. The van der Waals surface area contributed by atoms with E-state index < -0.39 is 29.5 Å². The molecule has 1 aliphatic carbocycles. The molecule has 4 N–H and O–H groups in total. The largest absolute Gasteiger partial charge is 0.478 e. The predicted molar refractivity (Wildman–Crippen MR) is 307 cm³/mol. The zero-order chi connectivity index (χ0) is 59.4. The van der Waals surface area contributed by atoms with Gasteiger partial charge in [0.25, 0.3) is 0 Å². The molecular formula is C60H62Cl3F2N5O10. The van der Waals surface area contributed by atoms with Crippen LogP contribution in [0.4, 0.5) is 8.78 Å². The van der Waals surface area contributed by atoms with E-state index in [-0.39, 0.29) is 82.1 Å². The second kappa shape index (κ2) is 31.0. The van der Waals surface area contributed by atoms with E-state index in [1.54, 1.807) is 54.7 Å². The van der Waals surface area contributed by atoms with Crippen molar-refractivity contribution in [3.63, 3.8) is 0 Å². The molecule has 0 fully saturated rings. The molecule has 0 radical (unpaired) electrons. The van der Waals surface area contributed by atoms with Crippen molar-refractivity contribution in [3.8, 4) is 0 Å². The van der Waals surface area contributed by atoms with Crippen LogP contribution >= 0.6 is 34.8 Å². The van der Waals surface area contributed by atoms with Crippen molar-refractivity contribution in [3.05, 3.63) is 183 Å². The van der Waals surface area contributed by atoms with Crippen molar-refractivity contribution in [2.45, 2.75) is 93.3 Å². The minimum absolute atomic E-state index is 0.0135. The van der Waals surface area contributed by atoms with Gasteiger partial charge in [-0.15, -0.1) is 0 Å². The molecule has 0 spiro atoms. The van der Waals surface area contributed by atoms with Gasteiger partial charge in [-0.25, -0.2) is 18.4 Å². The molecule has 15 nitrogen and oxygen atoms in total. The molecular weight excluding hydrogens is 1100 g/mol. The van der Waals surface area contributed by atoms with Gasteiger partial charge < -0.3 is 25.7 Å². The summed E-state index contributed by atoms with van der Waals surface area (Å²) in [6.45, 7) is 11.9. The fourth-order valence-electron chi connectivity index (χ4n) is 8.05. The maximum absolute atomic E-state index is 14.0. The zero-order valence-corrected chi connectivity index (χ0v) is 47.4. The van der Waals surface area contributed by atoms with Gasteiger partial charge in [0, 0.05) is 80.6 Å². The number of carboxylic acid groups (broad SMARTS) is 2. The average Bonchev–Trinajstić information content (AvgIpc) is 4.18. The van der Waals surface area contributed by atoms with Crippen molar-refractivity contribution < 1.29 is 57.4 Å². The number of carbonyl (C=O) groups excluding carboxylic acids is 6. The highest BCUT2D eigenvalue weighted by atomic mass is 35.5. The summed E-state index contributed by atoms with van der Waals surface area (Å²) in [5.41, 5.74) is 5.32. The number of carboxylic acids is 2. The number of fused-ring (bicyclic) bond motifs is 3. The number of benzene rings is 5. The third-order valence-corrected chi connectivity index (χ3v) is 12.6. The lowest BCUT2D eigenvalue weighted by Gasteiger charge is -2.26.